The normalized spacial score (nSPS) is 11.4. The molecule has 5 heteroatoms. The Bertz CT molecular complexity index is 923. The lowest BCUT2D eigenvalue weighted by Crippen LogP contribution is -2.29. The Labute approximate surface area is 164 Å². The molecule has 0 saturated carbocycles. The van der Waals surface area contributed by atoms with Crippen molar-refractivity contribution in [2.45, 2.75) is 6.04 Å². The highest BCUT2D eigenvalue weighted by Crippen LogP contribution is 2.28. The summed E-state index contributed by atoms with van der Waals surface area (Å²) in [4.78, 5) is 13.1. The van der Waals surface area contributed by atoms with Crippen LogP contribution in [0.4, 0.5) is 0 Å². The minimum atomic E-state index is -0.324. The van der Waals surface area contributed by atoms with Crippen LogP contribution in [-0.4, -0.2) is 27.2 Å². The SMILES string of the molecule is COc1ccc([C@H](NC(=O)c2cc(OC)ccc2OC)c2ccccc2)cc1. The molecule has 0 aromatic heterocycles. The standard InChI is InChI=1S/C23H23NO4/c1-26-18-11-9-17(10-12-18)22(16-7-5-4-6-8-16)24-23(25)20-15-19(27-2)13-14-21(20)28-3/h4-15,22H,1-3H3,(H,24,25)/t22-/m1/s1. The van der Waals surface area contributed by atoms with Gasteiger partial charge in [0.15, 0.2) is 0 Å². The van der Waals surface area contributed by atoms with Gasteiger partial charge in [-0.1, -0.05) is 42.5 Å². The highest BCUT2D eigenvalue weighted by atomic mass is 16.5. The number of rotatable bonds is 7. The smallest absolute Gasteiger partial charge is 0.255 e. The number of carbonyl (C=O) groups excluding carboxylic acids is 1. The Hall–Kier alpha value is -3.47. The van der Waals surface area contributed by atoms with Crippen molar-refractivity contribution >= 4 is 5.91 Å². The average Bonchev–Trinajstić information content (AvgIpc) is 2.77. The summed E-state index contributed by atoms with van der Waals surface area (Å²) in [7, 11) is 4.73. The zero-order valence-electron chi connectivity index (χ0n) is 16.1. The van der Waals surface area contributed by atoms with Gasteiger partial charge in [-0.2, -0.15) is 0 Å². The summed E-state index contributed by atoms with van der Waals surface area (Å²) in [6.45, 7) is 0. The number of nitrogens with one attached hydrogen (secondary N) is 1. The van der Waals surface area contributed by atoms with Gasteiger partial charge in [-0.05, 0) is 41.5 Å². The lowest BCUT2D eigenvalue weighted by atomic mass is 9.98. The summed E-state index contributed by atoms with van der Waals surface area (Å²) in [5.74, 6) is 1.59. The van der Waals surface area contributed by atoms with Crippen molar-refractivity contribution in [3.63, 3.8) is 0 Å². The first-order valence-corrected chi connectivity index (χ1v) is 8.88. The molecule has 144 valence electrons. The second kappa shape index (κ2) is 8.95. The quantitative estimate of drug-likeness (QED) is 0.669. The molecule has 0 aliphatic rings. The van der Waals surface area contributed by atoms with E-state index in [1.54, 1.807) is 32.4 Å². The molecule has 0 aliphatic carbocycles. The monoisotopic (exact) mass is 377 g/mol. The van der Waals surface area contributed by atoms with E-state index in [9.17, 15) is 4.79 Å². The van der Waals surface area contributed by atoms with Crippen LogP contribution in [-0.2, 0) is 0 Å². The van der Waals surface area contributed by atoms with Crippen LogP contribution in [0.2, 0.25) is 0 Å². The molecular weight excluding hydrogens is 354 g/mol. The Morgan fingerprint density at radius 1 is 0.750 bits per heavy atom. The lowest BCUT2D eigenvalue weighted by Gasteiger charge is -2.21. The molecule has 3 rings (SSSR count). The summed E-state index contributed by atoms with van der Waals surface area (Å²) in [6, 6.07) is 22.3. The van der Waals surface area contributed by atoms with E-state index in [0.29, 0.717) is 17.1 Å². The predicted octanol–water partition coefficient (Wildman–Crippen LogP) is 4.23. The van der Waals surface area contributed by atoms with Gasteiger partial charge in [-0.3, -0.25) is 4.79 Å². The fourth-order valence-electron chi connectivity index (χ4n) is 3.00. The predicted molar refractivity (Wildman–Crippen MR) is 108 cm³/mol. The van der Waals surface area contributed by atoms with Crippen LogP contribution in [0.5, 0.6) is 17.2 Å². The van der Waals surface area contributed by atoms with Crippen molar-refractivity contribution < 1.29 is 19.0 Å². The second-order valence-corrected chi connectivity index (χ2v) is 6.16. The third-order valence-corrected chi connectivity index (χ3v) is 4.51. The Balaban J connectivity index is 1.96. The fraction of sp³-hybridized carbons (Fsp3) is 0.174. The van der Waals surface area contributed by atoms with Crippen molar-refractivity contribution in [3.8, 4) is 17.2 Å². The third kappa shape index (κ3) is 4.26. The average molecular weight is 377 g/mol. The minimum absolute atomic E-state index is 0.250. The van der Waals surface area contributed by atoms with E-state index >= 15 is 0 Å². The first kappa shape index (κ1) is 19.3. The van der Waals surface area contributed by atoms with E-state index in [0.717, 1.165) is 16.9 Å². The van der Waals surface area contributed by atoms with Crippen molar-refractivity contribution in [3.05, 3.63) is 89.5 Å². The van der Waals surface area contributed by atoms with Gasteiger partial charge < -0.3 is 19.5 Å². The topological polar surface area (TPSA) is 56.8 Å². The summed E-state index contributed by atoms with van der Waals surface area (Å²) in [5.41, 5.74) is 2.33. The molecule has 3 aromatic carbocycles. The molecule has 0 spiro atoms. The van der Waals surface area contributed by atoms with Crippen LogP contribution >= 0.6 is 0 Å². The molecule has 0 bridgehead atoms. The number of methoxy groups -OCH3 is 3. The Morgan fingerprint density at radius 2 is 1.36 bits per heavy atom. The van der Waals surface area contributed by atoms with Crippen molar-refractivity contribution in [1.29, 1.82) is 0 Å². The van der Waals surface area contributed by atoms with E-state index in [2.05, 4.69) is 5.32 Å². The number of ether oxygens (including phenoxy) is 3. The molecule has 5 nitrogen and oxygen atoms in total. The molecule has 28 heavy (non-hydrogen) atoms. The molecule has 0 aliphatic heterocycles. The van der Waals surface area contributed by atoms with Gasteiger partial charge in [0.2, 0.25) is 0 Å². The van der Waals surface area contributed by atoms with Gasteiger partial charge in [-0.25, -0.2) is 0 Å². The summed E-state index contributed by atoms with van der Waals surface area (Å²) < 4.78 is 15.9. The van der Waals surface area contributed by atoms with E-state index in [4.69, 9.17) is 14.2 Å². The molecule has 0 fully saturated rings. The summed E-state index contributed by atoms with van der Waals surface area (Å²) >= 11 is 0. The fourth-order valence-corrected chi connectivity index (χ4v) is 3.00. The van der Waals surface area contributed by atoms with Crippen LogP contribution in [0.25, 0.3) is 0 Å². The van der Waals surface area contributed by atoms with Crippen molar-refractivity contribution in [2.75, 3.05) is 21.3 Å². The molecule has 1 N–H and O–H groups in total. The maximum atomic E-state index is 13.1. The van der Waals surface area contributed by atoms with E-state index in [1.807, 2.05) is 54.6 Å². The van der Waals surface area contributed by atoms with Crippen LogP contribution in [0.15, 0.2) is 72.8 Å². The first-order valence-electron chi connectivity index (χ1n) is 8.88. The summed E-state index contributed by atoms with van der Waals surface area (Å²) in [5, 5.41) is 3.11. The molecule has 1 amide bonds. The first-order chi connectivity index (χ1) is 13.7. The maximum Gasteiger partial charge on any atom is 0.255 e. The minimum Gasteiger partial charge on any atom is -0.497 e. The molecular formula is C23H23NO4. The Morgan fingerprint density at radius 3 is 1.96 bits per heavy atom. The van der Waals surface area contributed by atoms with Gasteiger partial charge in [0, 0.05) is 0 Å². The number of hydrogen-bond donors (Lipinski definition) is 1. The van der Waals surface area contributed by atoms with E-state index in [-0.39, 0.29) is 11.9 Å². The van der Waals surface area contributed by atoms with Crippen molar-refractivity contribution in [2.24, 2.45) is 0 Å². The molecule has 3 aromatic rings. The Kier molecular flexibility index (Phi) is 6.17. The number of hydrogen-bond acceptors (Lipinski definition) is 4. The third-order valence-electron chi connectivity index (χ3n) is 4.51. The maximum absolute atomic E-state index is 13.1. The van der Waals surface area contributed by atoms with Crippen LogP contribution in [0.3, 0.4) is 0 Å². The highest BCUT2D eigenvalue weighted by Gasteiger charge is 2.21. The number of carbonyl (C=O) groups is 1. The van der Waals surface area contributed by atoms with Gasteiger partial charge >= 0.3 is 0 Å². The lowest BCUT2D eigenvalue weighted by molar-refractivity contribution is 0.0939. The number of benzene rings is 3. The molecule has 0 heterocycles. The van der Waals surface area contributed by atoms with E-state index < -0.39 is 0 Å². The number of amides is 1. The molecule has 0 saturated heterocycles. The van der Waals surface area contributed by atoms with Crippen LogP contribution in [0.1, 0.15) is 27.5 Å². The molecule has 0 unspecified atom stereocenters. The molecule has 0 radical (unpaired) electrons. The highest BCUT2D eigenvalue weighted by molar-refractivity contribution is 5.97. The molecule has 1 atom stereocenters. The van der Waals surface area contributed by atoms with Crippen LogP contribution in [0, 0.1) is 0 Å². The van der Waals surface area contributed by atoms with Crippen LogP contribution < -0.4 is 19.5 Å². The zero-order chi connectivity index (χ0) is 19.9. The van der Waals surface area contributed by atoms with E-state index in [1.165, 1.54) is 7.11 Å². The van der Waals surface area contributed by atoms with Gasteiger partial charge in [0.05, 0.1) is 32.9 Å². The largest absolute Gasteiger partial charge is 0.497 e. The van der Waals surface area contributed by atoms with Gasteiger partial charge in [0.1, 0.15) is 17.2 Å². The van der Waals surface area contributed by atoms with Crippen molar-refractivity contribution in [1.82, 2.24) is 5.32 Å². The summed E-state index contributed by atoms with van der Waals surface area (Å²) in [6.07, 6.45) is 0. The van der Waals surface area contributed by atoms with Gasteiger partial charge in [0.25, 0.3) is 5.91 Å². The zero-order valence-corrected chi connectivity index (χ0v) is 16.1. The second-order valence-electron chi connectivity index (χ2n) is 6.16. The van der Waals surface area contributed by atoms with Gasteiger partial charge in [-0.15, -0.1) is 0 Å².